The monoisotopic (exact) mass is 417 g/mol. The maximum atomic E-state index is 12.5. The van der Waals surface area contributed by atoms with E-state index in [0.717, 1.165) is 17.4 Å². The van der Waals surface area contributed by atoms with E-state index in [1.54, 1.807) is 32.0 Å². The van der Waals surface area contributed by atoms with E-state index >= 15 is 0 Å². The number of sulfonamides is 1. The van der Waals surface area contributed by atoms with Gasteiger partial charge in [-0.05, 0) is 30.5 Å². The van der Waals surface area contributed by atoms with Gasteiger partial charge >= 0.3 is 5.97 Å². The lowest BCUT2D eigenvalue weighted by molar-refractivity contribution is -0.139. The van der Waals surface area contributed by atoms with Crippen molar-refractivity contribution < 1.29 is 26.7 Å². The summed E-state index contributed by atoms with van der Waals surface area (Å²) < 4.78 is 51.9. The van der Waals surface area contributed by atoms with Gasteiger partial charge in [-0.15, -0.1) is 11.3 Å². The molecule has 2 N–H and O–H groups in total. The third-order valence-corrected chi connectivity index (χ3v) is 8.29. The van der Waals surface area contributed by atoms with Crippen molar-refractivity contribution in [1.82, 2.24) is 4.72 Å². The Labute approximate surface area is 156 Å². The van der Waals surface area contributed by atoms with E-state index in [0.29, 0.717) is 0 Å². The molecule has 2 aromatic rings. The Morgan fingerprint density at radius 1 is 1.12 bits per heavy atom. The first-order valence-corrected chi connectivity index (χ1v) is 11.5. The van der Waals surface area contributed by atoms with Gasteiger partial charge in [0, 0.05) is 5.38 Å². The number of carboxylic acids is 1. The third kappa shape index (κ3) is 4.70. The van der Waals surface area contributed by atoms with Crippen molar-refractivity contribution in [3.63, 3.8) is 0 Å². The maximum Gasteiger partial charge on any atom is 0.321 e. The molecule has 0 fully saturated rings. The van der Waals surface area contributed by atoms with Crippen LogP contribution in [0.4, 0.5) is 0 Å². The zero-order valence-corrected chi connectivity index (χ0v) is 16.6. The van der Waals surface area contributed by atoms with Gasteiger partial charge in [0.15, 0.2) is 0 Å². The van der Waals surface area contributed by atoms with Crippen molar-refractivity contribution in [3.05, 3.63) is 41.8 Å². The standard InChI is InChI=1S/C16H19NO6S3/c1-11(2)8-14(16(18)19)17-26(22,23)15-9-13(10-24-15)25(20,21)12-6-4-3-5-7-12/h3-7,9-11,14,17H,8H2,1-2H3,(H,18,19). The Morgan fingerprint density at radius 3 is 2.27 bits per heavy atom. The van der Waals surface area contributed by atoms with Crippen molar-refractivity contribution in [2.24, 2.45) is 5.92 Å². The van der Waals surface area contributed by atoms with Gasteiger partial charge in [0.2, 0.25) is 9.84 Å². The fraction of sp³-hybridized carbons (Fsp3) is 0.312. The van der Waals surface area contributed by atoms with Gasteiger partial charge in [-0.2, -0.15) is 4.72 Å². The predicted molar refractivity (Wildman–Crippen MR) is 97.4 cm³/mol. The van der Waals surface area contributed by atoms with Gasteiger partial charge < -0.3 is 5.11 Å². The lowest BCUT2D eigenvalue weighted by Crippen LogP contribution is -2.41. The quantitative estimate of drug-likeness (QED) is 0.681. The normalized spacial score (nSPS) is 13.7. The third-order valence-electron chi connectivity index (χ3n) is 3.48. The number of carboxylic acid groups (broad SMARTS) is 1. The van der Waals surface area contributed by atoms with Crippen LogP contribution in [0.3, 0.4) is 0 Å². The molecule has 1 atom stereocenters. The summed E-state index contributed by atoms with van der Waals surface area (Å²) in [6.07, 6.45) is 0.120. The van der Waals surface area contributed by atoms with Crippen LogP contribution in [0.25, 0.3) is 0 Å². The summed E-state index contributed by atoms with van der Waals surface area (Å²) in [5.74, 6) is -1.31. The molecule has 0 aliphatic rings. The second-order valence-corrected chi connectivity index (χ2v) is 10.9. The largest absolute Gasteiger partial charge is 0.480 e. The fourth-order valence-electron chi connectivity index (χ4n) is 2.23. The van der Waals surface area contributed by atoms with E-state index in [1.165, 1.54) is 17.5 Å². The number of rotatable bonds is 8. The van der Waals surface area contributed by atoms with E-state index in [9.17, 15) is 26.7 Å². The Kier molecular flexibility index (Phi) is 6.22. The predicted octanol–water partition coefficient (Wildman–Crippen LogP) is 2.36. The van der Waals surface area contributed by atoms with Gasteiger partial charge in [-0.25, -0.2) is 16.8 Å². The first kappa shape index (κ1) is 20.6. The highest BCUT2D eigenvalue weighted by molar-refractivity contribution is 7.93. The molecule has 1 unspecified atom stereocenters. The van der Waals surface area contributed by atoms with Gasteiger partial charge in [0.05, 0.1) is 9.79 Å². The second-order valence-electron chi connectivity index (χ2n) is 6.06. The number of carbonyl (C=O) groups is 1. The number of nitrogens with one attached hydrogen (secondary N) is 1. The van der Waals surface area contributed by atoms with Gasteiger partial charge in [0.1, 0.15) is 10.3 Å². The molecule has 1 aromatic heterocycles. The number of sulfone groups is 1. The molecule has 142 valence electrons. The molecule has 1 aromatic carbocycles. The highest BCUT2D eigenvalue weighted by Gasteiger charge is 2.29. The minimum Gasteiger partial charge on any atom is -0.480 e. The van der Waals surface area contributed by atoms with Crippen LogP contribution in [0, 0.1) is 5.92 Å². The van der Waals surface area contributed by atoms with Crippen LogP contribution in [-0.4, -0.2) is 34.0 Å². The van der Waals surface area contributed by atoms with E-state index in [1.807, 2.05) is 0 Å². The molecule has 26 heavy (non-hydrogen) atoms. The Hall–Kier alpha value is -1.75. The molecule has 0 saturated carbocycles. The van der Waals surface area contributed by atoms with Crippen molar-refractivity contribution >= 4 is 37.2 Å². The molecular weight excluding hydrogens is 398 g/mol. The Morgan fingerprint density at radius 2 is 1.73 bits per heavy atom. The van der Waals surface area contributed by atoms with E-state index in [2.05, 4.69) is 4.72 Å². The average molecular weight is 418 g/mol. The molecule has 2 rings (SSSR count). The summed E-state index contributed by atoms with van der Waals surface area (Å²) in [5, 5.41) is 10.4. The van der Waals surface area contributed by atoms with E-state index in [-0.39, 0.29) is 26.3 Å². The van der Waals surface area contributed by atoms with Crippen LogP contribution >= 0.6 is 11.3 Å². The molecule has 0 aliphatic heterocycles. The summed E-state index contributed by atoms with van der Waals surface area (Å²) in [7, 11) is -7.99. The molecule has 0 aliphatic carbocycles. The molecule has 1 heterocycles. The molecule has 7 nitrogen and oxygen atoms in total. The molecule has 10 heteroatoms. The number of hydrogen-bond donors (Lipinski definition) is 2. The summed E-state index contributed by atoms with van der Waals surface area (Å²) in [4.78, 5) is 11.2. The van der Waals surface area contributed by atoms with Gasteiger partial charge in [0.25, 0.3) is 10.0 Å². The summed E-state index contributed by atoms with van der Waals surface area (Å²) >= 11 is 0.728. The minimum atomic E-state index is -4.15. The summed E-state index contributed by atoms with van der Waals surface area (Å²) in [6, 6.07) is 7.42. The molecule has 0 saturated heterocycles. The van der Waals surface area contributed by atoms with Crippen molar-refractivity contribution in [2.45, 2.75) is 40.3 Å². The number of thiophene rings is 1. The van der Waals surface area contributed by atoms with Crippen LogP contribution in [0.5, 0.6) is 0 Å². The van der Waals surface area contributed by atoms with Gasteiger partial charge in [-0.1, -0.05) is 32.0 Å². The number of benzene rings is 1. The molecule has 0 radical (unpaired) electrons. The summed E-state index contributed by atoms with van der Waals surface area (Å²) in [5.41, 5.74) is 0. The van der Waals surface area contributed by atoms with E-state index in [4.69, 9.17) is 0 Å². The molecule has 0 amide bonds. The number of aliphatic carboxylic acids is 1. The van der Waals surface area contributed by atoms with Crippen LogP contribution in [-0.2, 0) is 24.7 Å². The summed E-state index contributed by atoms with van der Waals surface area (Å²) in [6.45, 7) is 3.56. The first-order valence-electron chi connectivity index (χ1n) is 7.68. The zero-order valence-electron chi connectivity index (χ0n) is 14.1. The smallest absolute Gasteiger partial charge is 0.321 e. The molecule has 0 spiro atoms. The molecule has 0 bridgehead atoms. The van der Waals surface area contributed by atoms with E-state index < -0.39 is 31.9 Å². The van der Waals surface area contributed by atoms with Crippen molar-refractivity contribution in [2.75, 3.05) is 0 Å². The highest BCUT2D eigenvalue weighted by Crippen LogP contribution is 2.28. The zero-order chi connectivity index (χ0) is 19.5. The minimum absolute atomic E-state index is 0.0313. The topological polar surface area (TPSA) is 118 Å². The Bertz CT molecular complexity index is 978. The Balaban J connectivity index is 2.32. The number of hydrogen-bond acceptors (Lipinski definition) is 6. The van der Waals surface area contributed by atoms with Crippen LogP contribution < -0.4 is 4.72 Å². The maximum absolute atomic E-state index is 12.5. The first-order chi connectivity index (χ1) is 12.0. The van der Waals surface area contributed by atoms with Crippen LogP contribution in [0.1, 0.15) is 20.3 Å². The SMILES string of the molecule is CC(C)CC(NS(=O)(=O)c1cc(S(=O)(=O)c2ccccc2)cs1)C(=O)O. The van der Waals surface area contributed by atoms with Crippen molar-refractivity contribution in [1.29, 1.82) is 0 Å². The average Bonchev–Trinajstić information content (AvgIpc) is 3.06. The van der Waals surface area contributed by atoms with Crippen LogP contribution in [0.15, 0.2) is 55.8 Å². The lowest BCUT2D eigenvalue weighted by Gasteiger charge is -2.15. The lowest BCUT2D eigenvalue weighted by atomic mass is 10.1. The highest BCUT2D eigenvalue weighted by atomic mass is 32.2. The fourth-order valence-corrected chi connectivity index (χ4v) is 6.36. The van der Waals surface area contributed by atoms with Crippen molar-refractivity contribution in [3.8, 4) is 0 Å². The van der Waals surface area contributed by atoms with Crippen LogP contribution in [0.2, 0.25) is 0 Å². The second kappa shape index (κ2) is 7.87. The molecular formula is C16H19NO6S3. The van der Waals surface area contributed by atoms with Gasteiger partial charge in [-0.3, -0.25) is 4.79 Å².